The van der Waals surface area contributed by atoms with E-state index in [1.54, 1.807) is 30.3 Å². The molecular weight excluding hydrogens is 514 g/mol. The van der Waals surface area contributed by atoms with Crippen LogP contribution in [0.15, 0.2) is 65.6 Å². The van der Waals surface area contributed by atoms with E-state index in [9.17, 15) is 17.9 Å². The lowest BCUT2D eigenvalue weighted by Crippen LogP contribution is -2.31. The summed E-state index contributed by atoms with van der Waals surface area (Å²) in [5.74, 6) is -0.0598. The van der Waals surface area contributed by atoms with Crippen LogP contribution in [0.2, 0.25) is 10.0 Å². The van der Waals surface area contributed by atoms with Gasteiger partial charge >= 0.3 is 0 Å². The summed E-state index contributed by atoms with van der Waals surface area (Å²) >= 11 is 12.4. The normalized spacial score (nSPS) is 14.3. The van der Waals surface area contributed by atoms with E-state index < -0.39 is 15.8 Å². The molecule has 0 aromatic heterocycles. The van der Waals surface area contributed by atoms with Crippen molar-refractivity contribution in [1.29, 1.82) is 0 Å². The topological polar surface area (TPSA) is 70.1 Å². The molecule has 1 heterocycles. The highest BCUT2D eigenvalue weighted by Gasteiger charge is 2.28. The van der Waals surface area contributed by atoms with Crippen molar-refractivity contribution in [3.05, 3.63) is 82.1 Å². The highest BCUT2D eigenvalue weighted by Crippen LogP contribution is 2.33. The zero-order chi connectivity index (χ0) is 25.0. The van der Waals surface area contributed by atoms with Crippen molar-refractivity contribution in [3.63, 3.8) is 0 Å². The van der Waals surface area contributed by atoms with Gasteiger partial charge in [0.2, 0.25) is 0 Å². The van der Waals surface area contributed by atoms with Gasteiger partial charge in [0.05, 0.1) is 17.3 Å². The van der Waals surface area contributed by atoms with Crippen molar-refractivity contribution < 1.29 is 22.7 Å². The lowest BCUT2D eigenvalue weighted by Gasteiger charge is -2.26. The maximum absolute atomic E-state index is 13.6. The molecule has 4 rings (SSSR count). The number of ether oxygens (including phenoxy) is 1. The molecule has 6 nitrogen and oxygen atoms in total. The van der Waals surface area contributed by atoms with Gasteiger partial charge < -0.3 is 9.84 Å². The Morgan fingerprint density at radius 3 is 2.34 bits per heavy atom. The molecule has 1 aliphatic heterocycles. The van der Waals surface area contributed by atoms with Gasteiger partial charge in [-0.25, -0.2) is 12.8 Å². The van der Waals surface area contributed by atoms with E-state index in [0.29, 0.717) is 23.6 Å². The van der Waals surface area contributed by atoms with Crippen molar-refractivity contribution in [1.82, 2.24) is 4.90 Å². The van der Waals surface area contributed by atoms with Gasteiger partial charge in [-0.3, -0.25) is 9.21 Å². The van der Waals surface area contributed by atoms with Crippen molar-refractivity contribution in [2.45, 2.75) is 24.3 Å². The first-order valence-electron chi connectivity index (χ1n) is 11.1. The van der Waals surface area contributed by atoms with Crippen LogP contribution in [0.4, 0.5) is 10.1 Å². The molecule has 3 aromatic rings. The van der Waals surface area contributed by atoms with E-state index in [4.69, 9.17) is 27.9 Å². The van der Waals surface area contributed by atoms with Gasteiger partial charge in [-0.2, -0.15) is 0 Å². The molecule has 0 aliphatic carbocycles. The van der Waals surface area contributed by atoms with Crippen molar-refractivity contribution in [2.24, 2.45) is 0 Å². The van der Waals surface area contributed by atoms with E-state index >= 15 is 0 Å². The van der Waals surface area contributed by atoms with Crippen molar-refractivity contribution in [2.75, 3.05) is 30.5 Å². The lowest BCUT2D eigenvalue weighted by atomic mass is 10.2. The van der Waals surface area contributed by atoms with Crippen LogP contribution < -0.4 is 9.04 Å². The number of aromatic hydroxyl groups is 1. The Labute approximate surface area is 214 Å². The summed E-state index contributed by atoms with van der Waals surface area (Å²) < 4.78 is 47.8. The van der Waals surface area contributed by atoms with Crippen LogP contribution in [-0.4, -0.2) is 44.7 Å². The smallest absolute Gasteiger partial charge is 0.266 e. The summed E-state index contributed by atoms with van der Waals surface area (Å²) in [6.07, 6.45) is 2.42. The monoisotopic (exact) mass is 538 g/mol. The molecule has 186 valence electrons. The summed E-state index contributed by atoms with van der Waals surface area (Å²) in [6, 6.07) is 14.1. The molecule has 0 radical (unpaired) electrons. The number of rotatable bonds is 9. The van der Waals surface area contributed by atoms with E-state index in [2.05, 4.69) is 4.90 Å². The molecule has 35 heavy (non-hydrogen) atoms. The summed E-state index contributed by atoms with van der Waals surface area (Å²) in [7, 11) is -4.20. The Balaban J connectivity index is 1.62. The molecule has 0 saturated carbocycles. The van der Waals surface area contributed by atoms with Gasteiger partial charge in [-0.15, -0.1) is 0 Å². The van der Waals surface area contributed by atoms with E-state index in [1.165, 1.54) is 25.0 Å². The largest absolute Gasteiger partial charge is 0.508 e. The Kier molecular flexibility index (Phi) is 8.06. The van der Waals surface area contributed by atoms with Gasteiger partial charge in [0, 0.05) is 11.6 Å². The molecule has 1 fully saturated rings. The number of phenolic OH excluding ortho intramolecular Hbond substituents is 1. The van der Waals surface area contributed by atoms with E-state index in [1.807, 2.05) is 0 Å². The number of halogens is 3. The standard InChI is InChI=1S/C25H25Cl2FN2O4S/c26-23-16-21(31)7-3-18(23)17-30(35(32,33)25-10-4-19(28)15-24(25)27)20-5-8-22(9-6-20)34-14-13-29-11-1-2-12-29/h3-10,15-16,31H,1-2,11-14,17H2. The van der Waals surface area contributed by atoms with Crippen LogP contribution in [0.25, 0.3) is 0 Å². The third kappa shape index (κ3) is 6.19. The molecule has 0 bridgehead atoms. The minimum Gasteiger partial charge on any atom is -0.508 e. The molecule has 0 amide bonds. The summed E-state index contributed by atoms with van der Waals surface area (Å²) in [6.45, 7) is 3.41. The Morgan fingerprint density at radius 1 is 0.971 bits per heavy atom. The maximum Gasteiger partial charge on any atom is 0.266 e. The first-order valence-corrected chi connectivity index (χ1v) is 13.3. The molecule has 0 atom stereocenters. The van der Waals surface area contributed by atoms with Crippen LogP contribution >= 0.6 is 23.2 Å². The first kappa shape index (κ1) is 25.6. The van der Waals surface area contributed by atoms with Crippen LogP contribution in [0, 0.1) is 5.82 Å². The number of benzene rings is 3. The Bertz CT molecular complexity index is 1280. The second-order valence-corrected chi connectivity index (χ2v) is 10.9. The third-order valence-corrected chi connectivity index (χ3v) is 8.42. The summed E-state index contributed by atoms with van der Waals surface area (Å²) in [5.41, 5.74) is 0.818. The number of phenols is 1. The second kappa shape index (κ2) is 11.0. The van der Waals surface area contributed by atoms with Crippen LogP contribution in [0.3, 0.4) is 0 Å². The molecule has 10 heteroatoms. The zero-order valence-corrected chi connectivity index (χ0v) is 21.2. The van der Waals surface area contributed by atoms with Crippen LogP contribution in [0.1, 0.15) is 18.4 Å². The van der Waals surface area contributed by atoms with E-state index in [0.717, 1.165) is 42.1 Å². The molecular formula is C25H25Cl2FN2O4S. The number of hydrogen-bond acceptors (Lipinski definition) is 5. The molecule has 1 saturated heterocycles. The molecule has 3 aromatic carbocycles. The highest BCUT2D eigenvalue weighted by atomic mass is 35.5. The Hall–Kier alpha value is -2.52. The number of likely N-dealkylation sites (tertiary alicyclic amines) is 1. The minimum absolute atomic E-state index is 0.0369. The number of sulfonamides is 1. The first-order chi connectivity index (χ1) is 16.7. The molecule has 0 spiro atoms. The SMILES string of the molecule is O=S(=O)(c1ccc(F)cc1Cl)N(Cc1ccc(O)cc1Cl)c1ccc(OCCN2CCCC2)cc1. The fourth-order valence-electron chi connectivity index (χ4n) is 3.94. The summed E-state index contributed by atoms with van der Waals surface area (Å²) in [4.78, 5) is 2.11. The van der Waals surface area contributed by atoms with Crippen LogP contribution in [-0.2, 0) is 16.6 Å². The fourth-order valence-corrected chi connectivity index (χ4v) is 6.13. The molecule has 1 aliphatic rings. The maximum atomic E-state index is 13.6. The number of anilines is 1. The second-order valence-electron chi connectivity index (χ2n) is 8.25. The van der Waals surface area contributed by atoms with Gasteiger partial charge in [-0.1, -0.05) is 29.3 Å². The quantitative estimate of drug-likeness (QED) is 0.378. The zero-order valence-electron chi connectivity index (χ0n) is 18.8. The van der Waals surface area contributed by atoms with Crippen molar-refractivity contribution >= 4 is 38.9 Å². The van der Waals surface area contributed by atoms with Gasteiger partial charge in [-0.05, 0) is 86.1 Å². The average Bonchev–Trinajstić information content (AvgIpc) is 3.32. The molecule has 1 N–H and O–H groups in total. The minimum atomic E-state index is -4.20. The summed E-state index contributed by atoms with van der Waals surface area (Å²) in [5, 5.41) is 9.65. The number of nitrogens with zero attached hydrogens (tertiary/aromatic N) is 2. The predicted molar refractivity (Wildman–Crippen MR) is 136 cm³/mol. The third-order valence-electron chi connectivity index (χ3n) is 5.81. The number of hydrogen-bond donors (Lipinski definition) is 1. The predicted octanol–water partition coefficient (Wildman–Crippen LogP) is 5.71. The lowest BCUT2D eigenvalue weighted by molar-refractivity contribution is 0.238. The van der Waals surface area contributed by atoms with Gasteiger partial charge in [0.1, 0.15) is 28.8 Å². The molecule has 0 unspecified atom stereocenters. The van der Waals surface area contributed by atoms with Crippen LogP contribution in [0.5, 0.6) is 11.5 Å². The average molecular weight is 539 g/mol. The fraction of sp³-hybridized carbons (Fsp3) is 0.280. The van der Waals surface area contributed by atoms with Gasteiger partial charge in [0.15, 0.2) is 0 Å². The highest BCUT2D eigenvalue weighted by molar-refractivity contribution is 7.93. The van der Waals surface area contributed by atoms with Gasteiger partial charge in [0.25, 0.3) is 10.0 Å². The van der Waals surface area contributed by atoms with E-state index in [-0.39, 0.29) is 27.2 Å². The van der Waals surface area contributed by atoms with Crippen molar-refractivity contribution in [3.8, 4) is 11.5 Å². The Morgan fingerprint density at radius 2 is 1.69 bits per heavy atom.